The van der Waals surface area contributed by atoms with Gasteiger partial charge in [0, 0.05) is 0 Å². The van der Waals surface area contributed by atoms with E-state index in [1.165, 1.54) is 6.61 Å². The fraction of sp³-hybridized carbons (Fsp3) is 0.667. The van der Waals surface area contributed by atoms with E-state index in [-0.39, 0.29) is 6.79 Å². The predicted molar refractivity (Wildman–Crippen MR) is 17.3 cm³/mol. The third kappa shape index (κ3) is 0.931. The zero-order chi connectivity index (χ0) is 4.24. The molecule has 0 aromatic heterocycles. The molecule has 0 atom stereocenters. The minimum atomic E-state index is 0.247. The van der Waals surface area contributed by atoms with Crippen molar-refractivity contribution in [2.45, 2.75) is 0 Å². The van der Waals surface area contributed by atoms with Crippen LogP contribution >= 0.6 is 0 Å². The van der Waals surface area contributed by atoms with Crippen molar-refractivity contribution in [3.8, 4) is 0 Å². The van der Waals surface area contributed by atoms with Crippen LogP contribution in [-0.4, -0.2) is 13.4 Å². The molecule has 1 aliphatic rings. The Bertz CT molecular complexity index is 21.5. The van der Waals surface area contributed by atoms with Gasteiger partial charge in [0.05, 0.1) is 6.61 Å². The Hall–Kier alpha value is -0.120. The minimum Gasteiger partial charge on any atom is -0.349 e. The Morgan fingerprint density at radius 1 is 1.50 bits per heavy atom. The van der Waals surface area contributed by atoms with Crippen molar-refractivity contribution in [2.24, 2.45) is 0 Å². The first-order valence-corrected chi connectivity index (χ1v) is 1.68. The highest BCUT2D eigenvalue weighted by Gasteiger charge is 1.96. The lowest BCUT2D eigenvalue weighted by Crippen LogP contribution is -2.09. The Balaban J connectivity index is 2.00. The van der Waals surface area contributed by atoms with Crippen LogP contribution in [0, 0.1) is 6.61 Å². The molecule has 0 bridgehead atoms. The van der Waals surface area contributed by atoms with E-state index in [2.05, 4.69) is 14.5 Å². The van der Waals surface area contributed by atoms with E-state index in [0.29, 0.717) is 6.61 Å². The van der Waals surface area contributed by atoms with Crippen LogP contribution in [0.3, 0.4) is 0 Å². The summed E-state index contributed by atoms with van der Waals surface area (Å²) in [5.41, 5.74) is 0. The summed E-state index contributed by atoms with van der Waals surface area (Å²) in [6.07, 6.45) is 0. The molecule has 0 aliphatic carbocycles. The molecular formula is C3H5O3. The molecule has 0 N–H and O–H groups in total. The van der Waals surface area contributed by atoms with Gasteiger partial charge in [0.1, 0.15) is 6.61 Å². The van der Waals surface area contributed by atoms with E-state index in [1.54, 1.807) is 0 Å². The third-order valence-corrected chi connectivity index (χ3v) is 0.453. The van der Waals surface area contributed by atoms with Crippen LogP contribution in [-0.2, 0) is 14.5 Å². The topological polar surface area (TPSA) is 27.7 Å². The molecular weight excluding hydrogens is 84.0 g/mol. The van der Waals surface area contributed by atoms with Crippen LogP contribution in [0.25, 0.3) is 0 Å². The molecule has 6 heavy (non-hydrogen) atoms. The fourth-order valence-corrected chi connectivity index (χ4v) is 0.234. The highest BCUT2D eigenvalue weighted by atomic mass is 17.2. The summed E-state index contributed by atoms with van der Waals surface area (Å²) >= 11 is 0. The van der Waals surface area contributed by atoms with Gasteiger partial charge in [0.25, 0.3) is 0 Å². The first-order valence-electron chi connectivity index (χ1n) is 1.68. The summed E-state index contributed by atoms with van der Waals surface area (Å²) in [4.78, 5) is 8.61. The molecule has 3 nitrogen and oxygen atoms in total. The van der Waals surface area contributed by atoms with Crippen LogP contribution in [0.1, 0.15) is 0 Å². The minimum absolute atomic E-state index is 0.247. The van der Waals surface area contributed by atoms with E-state index in [9.17, 15) is 0 Å². The van der Waals surface area contributed by atoms with E-state index in [0.717, 1.165) is 0 Å². The molecule has 0 aromatic rings. The molecule has 1 aliphatic heterocycles. The van der Waals surface area contributed by atoms with Crippen molar-refractivity contribution in [1.29, 1.82) is 0 Å². The van der Waals surface area contributed by atoms with E-state index in [1.807, 2.05) is 0 Å². The van der Waals surface area contributed by atoms with Crippen molar-refractivity contribution >= 4 is 0 Å². The lowest BCUT2D eigenvalue weighted by atomic mass is 10.8. The highest BCUT2D eigenvalue weighted by Crippen LogP contribution is 1.92. The fourth-order valence-electron chi connectivity index (χ4n) is 0.234. The summed E-state index contributed by atoms with van der Waals surface area (Å²) in [5.74, 6) is 0. The van der Waals surface area contributed by atoms with Crippen LogP contribution in [0.5, 0.6) is 0 Å². The molecule has 1 heterocycles. The highest BCUT2D eigenvalue weighted by molar-refractivity contribution is 4.42. The molecule has 1 radical (unpaired) electrons. The van der Waals surface area contributed by atoms with Crippen LogP contribution in [0.2, 0.25) is 0 Å². The lowest BCUT2D eigenvalue weighted by molar-refractivity contribution is -0.348. The Labute approximate surface area is 35.7 Å². The van der Waals surface area contributed by atoms with Crippen molar-refractivity contribution in [3.05, 3.63) is 6.61 Å². The zero-order valence-corrected chi connectivity index (χ0v) is 3.22. The second-order valence-electron chi connectivity index (χ2n) is 0.869. The average Bonchev–Trinajstić information content (AvgIpc) is 1.72. The Morgan fingerprint density at radius 2 is 2.50 bits per heavy atom. The molecule has 0 saturated carbocycles. The van der Waals surface area contributed by atoms with Gasteiger partial charge >= 0.3 is 0 Å². The molecule has 35 valence electrons. The van der Waals surface area contributed by atoms with Crippen molar-refractivity contribution in [1.82, 2.24) is 0 Å². The Kier molecular flexibility index (Phi) is 1.43. The maximum atomic E-state index is 4.67. The van der Waals surface area contributed by atoms with Crippen LogP contribution in [0.4, 0.5) is 0 Å². The van der Waals surface area contributed by atoms with E-state index < -0.39 is 0 Å². The van der Waals surface area contributed by atoms with Gasteiger partial charge in [-0.2, -0.15) is 0 Å². The second kappa shape index (κ2) is 2.12. The summed E-state index contributed by atoms with van der Waals surface area (Å²) in [6.45, 7) is 2.22. The smallest absolute Gasteiger partial charge is 0.180 e. The molecule has 0 amide bonds. The maximum Gasteiger partial charge on any atom is 0.180 e. The summed E-state index contributed by atoms with van der Waals surface area (Å²) in [7, 11) is 0. The molecule has 0 spiro atoms. The van der Waals surface area contributed by atoms with Crippen LogP contribution < -0.4 is 0 Å². The standard InChI is InChI=1S/C3H5O3/c1-2-5-6-3-4-1/h2H,1,3H2. The van der Waals surface area contributed by atoms with Gasteiger partial charge < -0.3 is 4.74 Å². The average molecular weight is 89.1 g/mol. The van der Waals surface area contributed by atoms with Crippen molar-refractivity contribution in [3.63, 3.8) is 0 Å². The van der Waals surface area contributed by atoms with Gasteiger partial charge in [-0.25, -0.2) is 9.78 Å². The number of hydrogen-bond acceptors (Lipinski definition) is 3. The van der Waals surface area contributed by atoms with Gasteiger partial charge in [0.15, 0.2) is 6.79 Å². The molecule has 0 aromatic carbocycles. The summed E-state index contributed by atoms with van der Waals surface area (Å²) in [6, 6.07) is 0. The summed E-state index contributed by atoms with van der Waals surface area (Å²) < 4.78 is 4.67. The third-order valence-electron chi connectivity index (χ3n) is 0.453. The van der Waals surface area contributed by atoms with Gasteiger partial charge in [-0.05, 0) is 0 Å². The molecule has 0 unspecified atom stereocenters. The molecule has 3 heteroatoms. The number of ether oxygens (including phenoxy) is 1. The SMILES string of the molecule is [CH]1COCOO1. The second-order valence-corrected chi connectivity index (χ2v) is 0.869. The van der Waals surface area contributed by atoms with Gasteiger partial charge in [0.2, 0.25) is 0 Å². The first-order chi connectivity index (χ1) is 3.00. The summed E-state index contributed by atoms with van der Waals surface area (Å²) in [5, 5.41) is 0. The first kappa shape index (κ1) is 4.05. The molecule has 1 fully saturated rings. The van der Waals surface area contributed by atoms with Crippen molar-refractivity contribution < 1.29 is 14.5 Å². The van der Waals surface area contributed by atoms with Gasteiger partial charge in [-0.3, -0.25) is 0 Å². The van der Waals surface area contributed by atoms with Gasteiger partial charge in [-0.1, -0.05) is 0 Å². The normalized spacial score (nSPS) is 24.0. The Morgan fingerprint density at radius 3 is 2.67 bits per heavy atom. The molecule has 1 rings (SSSR count). The molecule has 1 saturated heterocycles. The largest absolute Gasteiger partial charge is 0.349 e. The monoisotopic (exact) mass is 89.0 g/mol. The number of hydrogen-bond donors (Lipinski definition) is 0. The maximum absolute atomic E-state index is 4.67. The number of rotatable bonds is 0. The zero-order valence-electron chi connectivity index (χ0n) is 3.22. The van der Waals surface area contributed by atoms with E-state index >= 15 is 0 Å². The van der Waals surface area contributed by atoms with Crippen molar-refractivity contribution in [2.75, 3.05) is 13.4 Å². The van der Waals surface area contributed by atoms with Crippen LogP contribution in [0.15, 0.2) is 0 Å². The predicted octanol–water partition coefficient (Wildman–Crippen LogP) is 0.0841. The lowest BCUT2D eigenvalue weighted by Gasteiger charge is -2.08. The van der Waals surface area contributed by atoms with E-state index in [4.69, 9.17) is 0 Å². The van der Waals surface area contributed by atoms with Gasteiger partial charge in [-0.15, -0.1) is 0 Å². The quantitative estimate of drug-likeness (QED) is 0.393.